The lowest BCUT2D eigenvalue weighted by atomic mass is 10.1. The van der Waals surface area contributed by atoms with Crippen molar-refractivity contribution >= 4 is 23.3 Å². The number of nitro groups is 1. The van der Waals surface area contributed by atoms with E-state index in [1.807, 2.05) is 0 Å². The largest absolute Gasteiger partial charge is 0.449 e. The van der Waals surface area contributed by atoms with Crippen LogP contribution in [0.4, 0.5) is 11.4 Å². The smallest absolute Gasteiger partial charge is 0.338 e. The second kappa shape index (κ2) is 8.99. The molecular weight excluding hydrogens is 388 g/mol. The summed E-state index contributed by atoms with van der Waals surface area (Å²) in [6.07, 6.45) is 2.53. The normalized spacial score (nSPS) is 11.5. The molecule has 1 atom stereocenters. The lowest BCUT2D eigenvalue weighted by molar-refractivity contribution is -0.384. The summed E-state index contributed by atoms with van der Waals surface area (Å²) >= 11 is 0. The molecule has 1 amide bonds. The third-order valence-electron chi connectivity index (χ3n) is 4.49. The van der Waals surface area contributed by atoms with Gasteiger partial charge in [-0.3, -0.25) is 14.9 Å². The minimum atomic E-state index is -1.04. The van der Waals surface area contributed by atoms with Gasteiger partial charge in [0.1, 0.15) is 5.82 Å². The van der Waals surface area contributed by atoms with Crippen molar-refractivity contribution in [2.75, 3.05) is 5.32 Å². The summed E-state index contributed by atoms with van der Waals surface area (Å²) in [6, 6.07) is 10.8. The van der Waals surface area contributed by atoms with Crippen molar-refractivity contribution in [3.63, 3.8) is 0 Å². The lowest BCUT2D eigenvalue weighted by Crippen LogP contribution is -2.32. The Morgan fingerprint density at radius 1 is 1.23 bits per heavy atom. The number of carbonyl (C=O) groups is 2. The Hall–Kier alpha value is -4.01. The van der Waals surface area contributed by atoms with Gasteiger partial charge in [0.05, 0.1) is 16.2 Å². The number of rotatable bonds is 7. The highest BCUT2D eigenvalue weighted by Gasteiger charge is 2.23. The molecule has 9 nitrogen and oxygen atoms in total. The number of carbonyl (C=O) groups excluding carboxylic acids is 2. The molecule has 0 aliphatic heterocycles. The molecule has 1 heterocycles. The number of nitro benzene ring substituents is 1. The van der Waals surface area contributed by atoms with Crippen molar-refractivity contribution in [2.24, 2.45) is 0 Å². The van der Waals surface area contributed by atoms with Gasteiger partial charge in [-0.15, -0.1) is 0 Å². The number of amides is 1. The minimum absolute atomic E-state index is 0.141. The average molecular weight is 408 g/mol. The number of aryl methyl sites for hydroxylation is 1. The number of aromatic nitrogens is 2. The van der Waals surface area contributed by atoms with Gasteiger partial charge in [0.2, 0.25) is 0 Å². The number of hydrogen-bond acceptors (Lipinski definition) is 6. The quantitative estimate of drug-likeness (QED) is 0.347. The van der Waals surface area contributed by atoms with Crippen molar-refractivity contribution in [2.45, 2.75) is 26.4 Å². The second-order valence-electron chi connectivity index (χ2n) is 6.56. The zero-order valence-electron chi connectivity index (χ0n) is 16.4. The molecule has 30 heavy (non-hydrogen) atoms. The zero-order valence-corrected chi connectivity index (χ0v) is 16.4. The Labute approximate surface area is 172 Å². The van der Waals surface area contributed by atoms with Crippen LogP contribution in [0, 0.1) is 17.0 Å². The SMILES string of the molecule is CCC(OC(=O)c1ccc(-c2ncc[nH]2)cc1)C(=O)Nc1cc([N+](=O)[O-])ccc1C. The number of ether oxygens (including phenoxy) is 1. The molecule has 1 unspecified atom stereocenters. The molecule has 0 saturated heterocycles. The van der Waals surface area contributed by atoms with Gasteiger partial charge in [-0.05, 0) is 31.0 Å². The molecule has 2 N–H and O–H groups in total. The van der Waals surface area contributed by atoms with Crippen LogP contribution < -0.4 is 5.32 Å². The first-order valence-corrected chi connectivity index (χ1v) is 9.25. The van der Waals surface area contributed by atoms with Gasteiger partial charge in [0.15, 0.2) is 6.10 Å². The highest BCUT2D eigenvalue weighted by molar-refractivity contribution is 5.98. The highest BCUT2D eigenvalue weighted by Crippen LogP contribution is 2.23. The van der Waals surface area contributed by atoms with Gasteiger partial charge in [-0.1, -0.05) is 25.1 Å². The molecule has 0 saturated carbocycles. The predicted molar refractivity (Wildman–Crippen MR) is 110 cm³/mol. The van der Waals surface area contributed by atoms with E-state index in [0.29, 0.717) is 22.6 Å². The van der Waals surface area contributed by atoms with Crippen molar-refractivity contribution in [3.05, 3.63) is 76.1 Å². The van der Waals surface area contributed by atoms with Crippen molar-refractivity contribution in [1.29, 1.82) is 0 Å². The molecule has 2 aromatic carbocycles. The highest BCUT2D eigenvalue weighted by atomic mass is 16.6. The summed E-state index contributed by atoms with van der Waals surface area (Å²) in [5.41, 5.74) is 1.92. The Balaban J connectivity index is 1.68. The summed E-state index contributed by atoms with van der Waals surface area (Å²) in [6.45, 7) is 3.42. The number of benzene rings is 2. The number of aromatic amines is 1. The molecule has 0 aliphatic rings. The molecule has 1 aromatic heterocycles. The standard InChI is InChI=1S/C21H20N4O5/c1-3-18(20(26)24-17-12-16(25(28)29)9-4-13(17)2)30-21(27)15-7-5-14(6-8-15)19-22-10-11-23-19/h4-12,18H,3H2,1-2H3,(H,22,23)(H,24,26). The molecule has 154 valence electrons. The molecule has 0 fully saturated rings. The number of imidazole rings is 1. The Kier molecular flexibility index (Phi) is 6.21. The summed E-state index contributed by atoms with van der Waals surface area (Å²) in [5.74, 6) is -0.520. The first-order valence-electron chi connectivity index (χ1n) is 9.25. The molecule has 3 aromatic rings. The van der Waals surface area contributed by atoms with Crippen molar-refractivity contribution < 1.29 is 19.2 Å². The van der Waals surface area contributed by atoms with Crippen LogP contribution in [0.1, 0.15) is 29.3 Å². The van der Waals surface area contributed by atoms with Crippen LogP contribution in [0.15, 0.2) is 54.9 Å². The monoisotopic (exact) mass is 408 g/mol. The number of nitrogens with zero attached hydrogens (tertiary/aromatic N) is 2. The van der Waals surface area contributed by atoms with Crippen LogP contribution >= 0.6 is 0 Å². The summed E-state index contributed by atoms with van der Waals surface area (Å²) in [7, 11) is 0. The van der Waals surface area contributed by atoms with Gasteiger partial charge in [0, 0.05) is 30.1 Å². The molecule has 0 radical (unpaired) electrons. The van der Waals surface area contributed by atoms with Crippen LogP contribution in [0.25, 0.3) is 11.4 Å². The van der Waals surface area contributed by atoms with E-state index in [4.69, 9.17) is 4.74 Å². The maximum Gasteiger partial charge on any atom is 0.338 e. The van der Waals surface area contributed by atoms with Gasteiger partial charge >= 0.3 is 5.97 Å². The summed E-state index contributed by atoms with van der Waals surface area (Å²) < 4.78 is 5.36. The maximum absolute atomic E-state index is 12.6. The van der Waals surface area contributed by atoms with Crippen molar-refractivity contribution in [3.8, 4) is 11.4 Å². The zero-order chi connectivity index (χ0) is 21.7. The van der Waals surface area contributed by atoms with Gasteiger partial charge in [-0.25, -0.2) is 9.78 Å². The summed E-state index contributed by atoms with van der Waals surface area (Å²) in [5, 5.41) is 13.6. The van der Waals surface area contributed by atoms with Gasteiger partial charge in [-0.2, -0.15) is 0 Å². The first kappa shape index (κ1) is 20.7. The molecule has 0 aliphatic carbocycles. The van der Waals surface area contributed by atoms with Crippen LogP contribution in [0.2, 0.25) is 0 Å². The summed E-state index contributed by atoms with van der Waals surface area (Å²) in [4.78, 5) is 42.6. The Bertz CT molecular complexity index is 1060. The Morgan fingerprint density at radius 3 is 2.57 bits per heavy atom. The molecular formula is C21H20N4O5. The lowest BCUT2D eigenvalue weighted by Gasteiger charge is -2.17. The van der Waals surface area contributed by atoms with E-state index >= 15 is 0 Å². The van der Waals surface area contributed by atoms with E-state index in [1.165, 1.54) is 12.1 Å². The minimum Gasteiger partial charge on any atom is -0.449 e. The van der Waals surface area contributed by atoms with E-state index in [-0.39, 0.29) is 12.1 Å². The first-order chi connectivity index (χ1) is 14.4. The average Bonchev–Trinajstić information content (AvgIpc) is 3.28. The van der Waals surface area contributed by atoms with Crippen molar-refractivity contribution in [1.82, 2.24) is 9.97 Å². The third kappa shape index (κ3) is 4.69. The van der Waals surface area contributed by atoms with Gasteiger partial charge < -0.3 is 15.0 Å². The fourth-order valence-corrected chi connectivity index (χ4v) is 2.78. The number of hydrogen-bond donors (Lipinski definition) is 2. The molecule has 0 bridgehead atoms. The fourth-order valence-electron chi connectivity index (χ4n) is 2.78. The molecule has 9 heteroatoms. The van der Waals surface area contributed by atoms with E-state index < -0.39 is 22.9 Å². The molecule has 3 rings (SSSR count). The topological polar surface area (TPSA) is 127 Å². The van der Waals surface area contributed by atoms with E-state index in [1.54, 1.807) is 56.6 Å². The predicted octanol–water partition coefficient (Wildman–Crippen LogP) is 3.87. The Morgan fingerprint density at radius 2 is 1.97 bits per heavy atom. The van der Waals surface area contributed by atoms with Crippen LogP contribution in [-0.2, 0) is 9.53 Å². The van der Waals surface area contributed by atoms with E-state index in [9.17, 15) is 19.7 Å². The third-order valence-corrected chi connectivity index (χ3v) is 4.49. The van der Waals surface area contributed by atoms with Gasteiger partial charge in [0.25, 0.3) is 11.6 Å². The second-order valence-corrected chi connectivity index (χ2v) is 6.56. The fraction of sp³-hybridized carbons (Fsp3) is 0.190. The van der Waals surface area contributed by atoms with Crippen LogP contribution in [-0.4, -0.2) is 32.9 Å². The number of non-ortho nitro benzene ring substituents is 1. The molecule has 0 spiro atoms. The maximum atomic E-state index is 12.6. The number of nitrogens with one attached hydrogen (secondary N) is 2. The number of H-pyrrole nitrogens is 1. The number of anilines is 1. The van der Waals surface area contributed by atoms with E-state index in [2.05, 4.69) is 15.3 Å². The van der Waals surface area contributed by atoms with Crippen LogP contribution in [0.3, 0.4) is 0 Å². The van der Waals surface area contributed by atoms with E-state index in [0.717, 1.165) is 5.56 Å². The number of esters is 1. The van der Waals surface area contributed by atoms with Crippen LogP contribution in [0.5, 0.6) is 0 Å².